The van der Waals surface area contributed by atoms with Crippen LogP contribution in [0.25, 0.3) is 0 Å². The summed E-state index contributed by atoms with van der Waals surface area (Å²) < 4.78 is 0. The van der Waals surface area contributed by atoms with Crippen molar-refractivity contribution >= 4 is 11.7 Å². The molecule has 0 spiro atoms. The van der Waals surface area contributed by atoms with Crippen molar-refractivity contribution in [1.82, 2.24) is 4.90 Å². The Morgan fingerprint density at radius 2 is 2.38 bits per heavy atom. The first-order valence-corrected chi connectivity index (χ1v) is 4.33. The smallest absolute Gasteiger partial charge is 0.259 e. The standard InChI is InChI=1S/C9H11NO3/c1-6(11)7-5-9(13)3-2-4-10(9)8(7)12/h5,13H,2-4H2,1H3. The molecule has 0 saturated carbocycles. The predicted molar refractivity (Wildman–Crippen MR) is 44.7 cm³/mol. The van der Waals surface area contributed by atoms with Crippen LogP contribution in [-0.2, 0) is 9.59 Å². The minimum absolute atomic E-state index is 0.127. The van der Waals surface area contributed by atoms with Crippen LogP contribution >= 0.6 is 0 Å². The molecule has 0 radical (unpaired) electrons. The third-order valence-electron chi connectivity index (χ3n) is 2.62. The summed E-state index contributed by atoms with van der Waals surface area (Å²) in [4.78, 5) is 23.9. The maximum Gasteiger partial charge on any atom is 0.259 e. The molecule has 1 fully saturated rings. The molecule has 70 valence electrons. The second kappa shape index (κ2) is 2.42. The third kappa shape index (κ3) is 1.02. The average molecular weight is 181 g/mol. The number of hydrogen-bond donors (Lipinski definition) is 1. The van der Waals surface area contributed by atoms with Gasteiger partial charge >= 0.3 is 0 Å². The molecular weight excluding hydrogens is 170 g/mol. The van der Waals surface area contributed by atoms with E-state index in [0.29, 0.717) is 13.0 Å². The van der Waals surface area contributed by atoms with Crippen LogP contribution in [0, 0.1) is 0 Å². The zero-order valence-corrected chi connectivity index (χ0v) is 7.41. The van der Waals surface area contributed by atoms with Gasteiger partial charge < -0.3 is 10.0 Å². The van der Waals surface area contributed by atoms with Gasteiger partial charge in [0.1, 0.15) is 0 Å². The molecule has 0 aromatic heterocycles. The summed E-state index contributed by atoms with van der Waals surface area (Å²) in [6.07, 6.45) is 2.73. The average Bonchev–Trinajstić information content (AvgIpc) is 2.50. The molecule has 1 saturated heterocycles. The number of fused-ring (bicyclic) bond motifs is 1. The fourth-order valence-electron chi connectivity index (χ4n) is 1.94. The lowest BCUT2D eigenvalue weighted by Gasteiger charge is -2.24. The van der Waals surface area contributed by atoms with Crippen LogP contribution in [-0.4, -0.2) is 34.0 Å². The summed E-state index contributed by atoms with van der Waals surface area (Å²) >= 11 is 0. The van der Waals surface area contributed by atoms with E-state index in [-0.39, 0.29) is 17.3 Å². The first-order chi connectivity index (χ1) is 6.04. The molecule has 2 aliphatic rings. The van der Waals surface area contributed by atoms with Crippen LogP contribution in [0.3, 0.4) is 0 Å². The molecule has 1 atom stereocenters. The summed E-state index contributed by atoms with van der Waals surface area (Å²) in [5.41, 5.74) is -1.04. The van der Waals surface area contributed by atoms with Gasteiger partial charge in [-0.3, -0.25) is 9.59 Å². The van der Waals surface area contributed by atoms with Crippen LogP contribution in [0.2, 0.25) is 0 Å². The van der Waals surface area contributed by atoms with Crippen molar-refractivity contribution in [2.24, 2.45) is 0 Å². The highest BCUT2D eigenvalue weighted by atomic mass is 16.3. The van der Waals surface area contributed by atoms with E-state index in [1.165, 1.54) is 17.9 Å². The van der Waals surface area contributed by atoms with Crippen LogP contribution < -0.4 is 0 Å². The van der Waals surface area contributed by atoms with Gasteiger partial charge in [-0.2, -0.15) is 0 Å². The monoisotopic (exact) mass is 181 g/mol. The Bertz CT molecular complexity index is 321. The molecule has 1 amide bonds. The van der Waals surface area contributed by atoms with Gasteiger partial charge in [0.2, 0.25) is 0 Å². The van der Waals surface area contributed by atoms with E-state index in [2.05, 4.69) is 0 Å². The molecule has 2 rings (SSSR count). The number of carbonyl (C=O) groups excluding carboxylic acids is 2. The van der Waals surface area contributed by atoms with E-state index in [0.717, 1.165) is 6.42 Å². The normalized spacial score (nSPS) is 32.0. The van der Waals surface area contributed by atoms with E-state index in [4.69, 9.17) is 0 Å². The lowest BCUT2D eigenvalue weighted by molar-refractivity contribution is -0.137. The maximum absolute atomic E-state index is 11.5. The lowest BCUT2D eigenvalue weighted by atomic mass is 10.1. The summed E-state index contributed by atoms with van der Waals surface area (Å²) in [6, 6.07) is 0. The van der Waals surface area contributed by atoms with Gasteiger partial charge in [-0.05, 0) is 19.4 Å². The SMILES string of the molecule is CC(=O)C1=CC2(O)CCCN2C1=O. The zero-order chi connectivity index (χ0) is 9.64. The molecule has 1 unspecified atom stereocenters. The minimum atomic E-state index is -1.17. The first kappa shape index (κ1) is 8.44. The molecule has 2 heterocycles. The number of carbonyl (C=O) groups is 2. The van der Waals surface area contributed by atoms with E-state index in [1.54, 1.807) is 0 Å². The summed E-state index contributed by atoms with van der Waals surface area (Å²) in [5, 5.41) is 9.90. The molecule has 1 N–H and O–H groups in total. The number of aliphatic hydroxyl groups is 1. The summed E-state index contributed by atoms with van der Waals surface area (Å²) in [6.45, 7) is 1.89. The number of Topliss-reactive ketones (excluding diaryl/α,β-unsaturated/α-hetero) is 1. The van der Waals surface area contributed by atoms with Crippen molar-refractivity contribution in [3.8, 4) is 0 Å². The molecular formula is C9H11NO3. The van der Waals surface area contributed by atoms with Crippen LogP contribution in [0.1, 0.15) is 19.8 Å². The first-order valence-electron chi connectivity index (χ1n) is 4.33. The Balaban J connectivity index is 2.40. The van der Waals surface area contributed by atoms with Crippen molar-refractivity contribution < 1.29 is 14.7 Å². The third-order valence-corrected chi connectivity index (χ3v) is 2.62. The van der Waals surface area contributed by atoms with Gasteiger partial charge in [-0.1, -0.05) is 0 Å². The highest BCUT2D eigenvalue weighted by Crippen LogP contribution is 2.35. The Hall–Kier alpha value is -1.16. The van der Waals surface area contributed by atoms with Gasteiger partial charge in [-0.15, -0.1) is 0 Å². The Morgan fingerprint density at radius 1 is 1.69 bits per heavy atom. The van der Waals surface area contributed by atoms with Crippen LogP contribution in [0.15, 0.2) is 11.6 Å². The summed E-state index contributed by atoms with van der Waals surface area (Å²) in [5.74, 6) is -0.597. The second-order valence-electron chi connectivity index (χ2n) is 3.55. The van der Waals surface area contributed by atoms with E-state index >= 15 is 0 Å². The fourth-order valence-corrected chi connectivity index (χ4v) is 1.94. The van der Waals surface area contributed by atoms with Crippen molar-refractivity contribution in [2.75, 3.05) is 6.54 Å². The molecule has 0 aromatic rings. The topological polar surface area (TPSA) is 57.6 Å². The molecule has 0 aromatic carbocycles. The van der Waals surface area contributed by atoms with E-state index < -0.39 is 5.72 Å². The van der Waals surface area contributed by atoms with Crippen LogP contribution in [0.5, 0.6) is 0 Å². The Morgan fingerprint density at radius 3 is 2.92 bits per heavy atom. The van der Waals surface area contributed by atoms with Crippen molar-refractivity contribution in [2.45, 2.75) is 25.5 Å². The largest absolute Gasteiger partial charge is 0.367 e. The molecule has 4 heteroatoms. The lowest BCUT2D eigenvalue weighted by Crippen LogP contribution is -2.40. The molecule has 13 heavy (non-hydrogen) atoms. The number of ketones is 1. The van der Waals surface area contributed by atoms with Crippen molar-refractivity contribution in [1.29, 1.82) is 0 Å². The molecule has 0 bridgehead atoms. The van der Waals surface area contributed by atoms with Crippen molar-refractivity contribution in [3.05, 3.63) is 11.6 Å². The second-order valence-corrected chi connectivity index (χ2v) is 3.55. The van der Waals surface area contributed by atoms with Gasteiger partial charge in [0.25, 0.3) is 5.91 Å². The number of amides is 1. The predicted octanol–water partition coefficient (Wildman–Crippen LogP) is -0.174. The fraction of sp³-hybridized carbons (Fsp3) is 0.556. The number of hydrogen-bond acceptors (Lipinski definition) is 3. The highest BCUT2D eigenvalue weighted by Gasteiger charge is 2.47. The molecule has 4 nitrogen and oxygen atoms in total. The number of rotatable bonds is 1. The molecule has 2 aliphatic heterocycles. The van der Waals surface area contributed by atoms with Gasteiger partial charge in [-0.25, -0.2) is 0 Å². The maximum atomic E-state index is 11.5. The van der Waals surface area contributed by atoms with Gasteiger partial charge in [0.15, 0.2) is 11.5 Å². The van der Waals surface area contributed by atoms with Crippen molar-refractivity contribution in [3.63, 3.8) is 0 Å². The van der Waals surface area contributed by atoms with Gasteiger partial charge in [0, 0.05) is 13.0 Å². The van der Waals surface area contributed by atoms with E-state index in [1.807, 2.05) is 0 Å². The Kier molecular flexibility index (Phi) is 1.57. The number of nitrogens with zero attached hydrogens (tertiary/aromatic N) is 1. The quantitative estimate of drug-likeness (QED) is 0.571. The Labute approximate surface area is 75.8 Å². The summed E-state index contributed by atoms with van der Waals surface area (Å²) in [7, 11) is 0. The molecule has 0 aliphatic carbocycles. The van der Waals surface area contributed by atoms with E-state index in [9.17, 15) is 14.7 Å². The highest BCUT2D eigenvalue weighted by molar-refractivity contribution is 6.20. The van der Waals surface area contributed by atoms with Crippen LogP contribution in [0.4, 0.5) is 0 Å². The minimum Gasteiger partial charge on any atom is -0.367 e. The van der Waals surface area contributed by atoms with Gasteiger partial charge in [0.05, 0.1) is 5.57 Å². The zero-order valence-electron chi connectivity index (χ0n) is 7.41.